The van der Waals surface area contributed by atoms with Gasteiger partial charge in [-0.25, -0.2) is 0 Å². The third-order valence-corrected chi connectivity index (χ3v) is 4.03. The Labute approximate surface area is 132 Å². The van der Waals surface area contributed by atoms with Crippen LogP contribution >= 0.6 is 11.8 Å². The molecule has 0 aliphatic heterocycles. The van der Waals surface area contributed by atoms with Gasteiger partial charge in [0.1, 0.15) is 5.76 Å². The van der Waals surface area contributed by atoms with Crippen molar-refractivity contribution in [1.82, 2.24) is 5.16 Å². The Kier molecular flexibility index (Phi) is 6.00. The molecule has 8 heteroatoms. The average Bonchev–Trinajstić information content (AvgIpc) is 2.86. The molecule has 1 fully saturated rings. The summed E-state index contributed by atoms with van der Waals surface area (Å²) < 4.78 is 9.96. The van der Waals surface area contributed by atoms with Crippen LogP contribution in [0.25, 0.3) is 0 Å². The lowest BCUT2D eigenvalue weighted by Crippen LogP contribution is -2.30. The van der Waals surface area contributed by atoms with Gasteiger partial charge >= 0.3 is 5.97 Å². The first-order valence-corrected chi connectivity index (χ1v) is 8.23. The van der Waals surface area contributed by atoms with Gasteiger partial charge in [0, 0.05) is 12.5 Å². The minimum atomic E-state index is -0.603. The van der Waals surface area contributed by atoms with E-state index in [1.165, 1.54) is 0 Å². The smallest absolute Gasteiger partial charge is 0.316 e. The number of aryl methyl sites for hydroxylation is 1. The van der Waals surface area contributed by atoms with E-state index in [4.69, 9.17) is 9.26 Å². The van der Waals surface area contributed by atoms with Crippen LogP contribution in [0.4, 0.5) is 5.82 Å². The van der Waals surface area contributed by atoms with Crippen molar-refractivity contribution >= 4 is 35.2 Å². The SMILES string of the molecule is Cc1cc(NC(=O)CSCC(=O)O[C@H]2CCCCC2=O)no1. The van der Waals surface area contributed by atoms with E-state index in [-0.39, 0.29) is 23.2 Å². The van der Waals surface area contributed by atoms with E-state index in [1.807, 2.05) is 0 Å². The zero-order chi connectivity index (χ0) is 15.9. The number of ether oxygens (including phenoxy) is 1. The van der Waals surface area contributed by atoms with E-state index >= 15 is 0 Å². The third-order valence-electron chi connectivity index (χ3n) is 3.12. The maximum Gasteiger partial charge on any atom is 0.316 e. The highest BCUT2D eigenvalue weighted by atomic mass is 32.2. The topological polar surface area (TPSA) is 98.5 Å². The molecule has 1 heterocycles. The van der Waals surface area contributed by atoms with Gasteiger partial charge in [-0.1, -0.05) is 5.16 Å². The number of hydrogen-bond donors (Lipinski definition) is 1. The van der Waals surface area contributed by atoms with Gasteiger partial charge in [0.25, 0.3) is 0 Å². The number of anilines is 1. The lowest BCUT2D eigenvalue weighted by molar-refractivity contribution is -0.154. The summed E-state index contributed by atoms with van der Waals surface area (Å²) in [6.45, 7) is 1.72. The highest BCUT2D eigenvalue weighted by Crippen LogP contribution is 2.18. The normalized spacial score (nSPS) is 18.0. The maximum atomic E-state index is 11.6. The van der Waals surface area contributed by atoms with Gasteiger partial charge in [-0.05, 0) is 26.2 Å². The zero-order valence-electron chi connectivity index (χ0n) is 12.3. The number of hydrogen-bond acceptors (Lipinski definition) is 7. The standard InChI is InChI=1S/C14H18N2O5S/c1-9-6-12(16-21-9)15-13(18)7-22-8-14(19)20-11-5-3-2-4-10(11)17/h6,11H,2-5,7-8H2,1H3,(H,15,16,18)/t11-/m0/s1. The van der Waals surface area contributed by atoms with Crippen molar-refractivity contribution in [1.29, 1.82) is 0 Å². The van der Waals surface area contributed by atoms with E-state index in [9.17, 15) is 14.4 Å². The van der Waals surface area contributed by atoms with Crippen LogP contribution in [0.15, 0.2) is 10.6 Å². The Morgan fingerprint density at radius 1 is 1.45 bits per heavy atom. The summed E-state index contributed by atoms with van der Waals surface area (Å²) in [5.41, 5.74) is 0. The molecule has 120 valence electrons. The summed E-state index contributed by atoms with van der Waals surface area (Å²) in [6, 6.07) is 1.60. The lowest BCUT2D eigenvalue weighted by Gasteiger charge is -2.20. The minimum absolute atomic E-state index is 0.0104. The molecule has 1 N–H and O–H groups in total. The van der Waals surface area contributed by atoms with Crippen LogP contribution in [0, 0.1) is 6.92 Å². The molecule has 1 atom stereocenters. The van der Waals surface area contributed by atoms with Gasteiger partial charge in [-0.2, -0.15) is 0 Å². The number of rotatable bonds is 6. The van der Waals surface area contributed by atoms with Crippen LogP contribution in [0.1, 0.15) is 31.4 Å². The predicted octanol–water partition coefficient (Wildman–Crippen LogP) is 1.71. The van der Waals surface area contributed by atoms with Crippen molar-refractivity contribution in [3.05, 3.63) is 11.8 Å². The minimum Gasteiger partial charge on any atom is -0.454 e. The Bertz CT molecular complexity index is 557. The Morgan fingerprint density at radius 2 is 2.27 bits per heavy atom. The first kappa shape index (κ1) is 16.5. The van der Waals surface area contributed by atoms with Crippen molar-refractivity contribution in [3.8, 4) is 0 Å². The first-order valence-electron chi connectivity index (χ1n) is 7.07. The molecule has 1 aliphatic carbocycles. The van der Waals surface area contributed by atoms with Crippen LogP contribution in [0.2, 0.25) is 0 Å². The number of carbonyl (C=O) groups is 3. The number of esters is 1. The fraction of sp³-hybridized carbons (Fsp3) is 0.571. The molecular weight excluding hydrogens is 308 g/mol. The van der Waals surface area contributed by atoms with E-state index in [0.29, 0.717) is 24.4 Å². The van der Waals surface area contributed by atoms with E-state index in [1.54, 1.807) is 13.0 Å². The van der Waals surface area contributed by atoms with Crippen molar-refractivity contribution < 1.29 is 23.6 Å². The van der Waals surface area contributed by atoms with Gasteiger partial charge in [0.05, 0.1) is 11.5 Å². The van der Waals surface area contributed by atoms with Gasteiger partial charge < -0.3 is 14.6 Å². The number of nitrogens with one attached hydrogen (secondary N) is 1. The Hall–Kier alpha value is -1.83. The fourth-order valence-electron chi connectivity index (χ4n) is 2.10. The monoisotopic (exact) mass is 326 g/mol. The summed E-state index contributed by atoms with van der Waals surface area (Å²) in [5, 5.41) is 6.19. The molecule has 0 saturated heterocycles. The third kappa shape index (κ3) is 5.18. The molecule has 1 saturated carbocycles. The quantitative estimate of drug-likeness (QED) is 0.794. The average molecular weight is 326 g/mol. The van der Waals surface area contributed by atoms with Crippen LogP contribution in [0.5, 0.6) is 0 Å². The second kappa shape index (κ2) is 7.98. The number of thioether (sulfide) groups is 1. The van der Waals surface area contributed by atoms with Crippen molar-refractivity contribution in [2.75, 3.05) is 16.8 Å². The summed E-state index contributed by atoms with van der Waals surface area (Å²) in [4.78, 5) is 34.8. The first-order chi connectivity index (χ1) is 10.5. The molecule has 7 nitrogen and oxygen atoms in total. The van der Waals surface area contributed by atoms with E-state index in [0.717, 1.165) is 24.6 Å². The molecule has 1 aromatic heterocycles. The molecule has 0 bridgehead atoms. The van der Waals surface area contributed by atoms with Crippen LogP contribution < -0.4 is 5.32 Å². The molecule has 1 amide bonds. The molecule has 2 rings (SSSR count). The van der Waals surface area contributed by atoms with Gasteiger partial charge in [0.15, 0.2) is 17.7 Å². The van der Waals surface area contributed by atoms with Crippen molar-refractivity contribution in [3.63, 3.8) is 0 Å². The molecule has 0 spiro atoms. The van der Waals surface area contributed by atoms with E-state index < -0.39 is 12.1 Å². The molecular formula is C14H18N2O5S. The van der Waals surface area contributed by atoms with Crippen molar-refractivity contribution in [2.24, 2.45) is 0 Å². The maximum absolute atomic E-state index is 11.6. The lowest BCUT2D eigenvalue weighted by atomic mass is 9.96. The molecule has 22 heavy (non-hydrogen) atoms. The van der Waals surface area contributed by atoms with E-state index in [2.05, 4.69) is 10.5 Å². The molecule has 0 unspecified atom stereocenters. The fourth-order valence-corrected chi connectivity index (χ4v) is 2.69. The second-order valence-corrected chi connectivity index (χ2v) is 6.04. The molecule has 1 aromatic rings. The summed E-state index contributed by atoms with van der Waals surface area (Å²) in [7, 11) is 0. The largest absolute Gasteiger partial charge is 0.454 e. The number of ketones is 1. The van der Waals surface area contributed by atoms with Crippen LogP contribution in [-0.4, -0.2) is 40.4 Å². The zero-order valence-corrected chi connectivity index (χ0v) is 13.1. The predicted molar refractivity (Wildman–Crippen MR) is 80.5 cm³/mol. The molecule has 0 aromatic carbocycles. The highest BCUT2D eigenvalue weighted by Gasteiger charge is 2.25. The van der Waals surface area contributed by atoms with Crippen LogP contribution in [0.3, 0.4) is 0 Å². The van der Waals surface area contributed by atoms with Crippen LogP contribution in [-0.2, 0) is 19.1 Å². The summed E-state index contributed by atoms with van der Waals surface area (Å²) in [5.74, 6) is 0.329. The summed E-state index contributed by atoms with van der Waals surface area (Å²) >= 11 is 1.13. The Balaban J connectivity index is 1.64. The highest BCUT2D eigenvalue weighted by molar-refractivity contribution is 8.00. The van der Waals surface area contributed by atoms with Gasteiger partial charge in [-0.15, -0.1) is 11.8 Å². The van der Waals surface area contributed by atoms with Gasteiger partial charge in [0.2, 0.25) is 5.91 Å². The molecule has 1 aliphatic rings. The molecule has 0 radical (unpaired) electrons. The second-order valence-electron chi connectivity index (χ2n) is 5.05. The number of amides is 1. The van der Waals surface area contributed by atoms with Gasteiger partial charge in [-0.3, -0.25) is 14.4 Å². The number of aromatic nitrogens is 1. The number of nitrogens with zero attached hydrogens (tertiary/aromatic N) is 1. The number of Topliss-reactive ketones (excluding diaryl/α,β-unsaturated/α-hetero) is 1. The summed E-state index contributed by atoms with van der Waals surface area (Å²) in [6.07, 6.45) is 2.24. The van der Waals surface area contributed by atoms with Crippen molar-refractivity contribution in [2.45, 2.75) is 38.7 Å². The number of carbonyl (C=O) groups excluding carboxylic acids is 3. The Morgan fingerprint density at radius 3 is 2.95 bits per heavy atom.